The van der Waals surface area contributed by atoms with Gasteiger partial charge in [-0.1, -0.05) is 0 Å². The molecule has 0 aliphatic carbocycles. The standard InChI is InChI=1S/C22H18F4N2O5/c1-9-11(7-16(29)27-22(2,3)21(32)33)17-15(8-14(25)19(30)18(17)26)28(9)20(31)10-4-5-12(23)13(24)6-10/h4-6,8,30H,7H2,1-3H3,(H,27,29)(H,32,33). The number of fused-ring (bicyclic) bond motifs is 1. The van der Waals surface area contributed by atoms with Crippen molar-refractivity contribution >= 4 is 28.7 Å². The van der Waals surface area contributed by atoms with Gasteiger partial charge in [0.2, 0.25) is 5.91 Å². The van der Waals surface area contributed by atoms with E-state index in [1.807, 2.05) is 0 Å². The number of carboxylic acid groups (broad SMARTS) is 1. The van der Waals surface area contributed by atoms with Crippen LogP contribution in [0.3, 0.4) is 0 Å². The van der Waals surface area contributed by atoms with Gasteiger partial charge in [-0.15, -0.1) is 0 Å². The number of phenolic OH excluding ortho intramolecular Hbond substituents is 1. The number of hydrogen-bond donors (Lipinski definition) is 3. The van der Waals surface area contributed by atoms with Gasteiger partial charge in [0.15, 0.2) is 29.0 Å². The van der Waals surface area contributed by atoms with Gasteiger partial charge in [0, 0.05) is 22.7 Å². The number of carbonyl (C=O) groups excluding carboxylic acids is 2. The maximum Gasteiger partial charge on any atom is 0.328 e. The number of rotatable bonds is 5. The third-order valence-corrected chi connectivity index (χ3v) is 5.18. The zero-order valence-electron chi connectivity index (χ0n) is 17.6. The molecule has 3 aromatic rings. The second-order valence-corrected chi connectivity index (χ2v) is 7.90. The number of aromatic hydroxyl groups is 1. The number of amides is 1. The van der Waals surface area contributed by atoms with Crippen LogP contribution in [0.5, 0.6) is 5.75 Å². The third kappa shape index (κ3) is 4.13. The van der Waals surface area contributed by atoms with Gasteiger partial charge in [0.05, 0.1) is 11.9 Å². The fourth-order valence-corrected chi connectivity index (χ4v) is 3.40. The Kier molecular flexibility index (Phi) is 5.93. The van der Waals surface area contributed by atoms with Crippen LogP contribution in [-0.2, 0) is 16.0 Å². The Balaban J connectivity index is 2.20. The van der Waals surface area contributed by atoms with E-state index >= 15 is 0 Å². The molecule has 33 heavy (non-hydrogen) atoms. The average molecular weight is 466 g/mol. The topological polar surface area (TPSA) is 109 Å². The molecular formula is C22H18F4N2O5. The molecule has 2 aromatic carbocycles. The second-order valence-electron chi connectivity index (χ2n) is 7.90. The van der Waals surface area contributed by atoms with Gasteiger partial charge in [0.1, 0.15) is 5.54 Å². The van der Waals surface area contributed by atoms with Gasteiger partial charge in [-0.25, -0.2) is 22.4 Å². The fraction of sp³-hybridized carbons (Fsp3) is 0.227. The Morgan fingerprint density at radius 3 is 2.24 bits per heavy atom. The lowest BCUT2D eigenvalue weighted by atomic mass is 10.0. The Morgan fingerprint density at radius 1 is 1.03 bits per heavy atom. The maximum atomic E-state index is 14.9. The molecule has 0 aliphatic rings. The molecule has 0 bridgehead atoms. The second kappa shape index (κ2) is 8.23. The molecule has 0 unspecified atom stereocenters. The molecule has 1 heterocycles. The SMILES string of the molecule is Cc1c(CC(=O)NC(C)(C)C(=O)O)c2c(F)c(O)c(F)cc2n1C(=O)c1ccc(F)c(F)c1. The van der Waals surface area contributed by atoms with Crippen LogP contribution >= 0.6 is 0 Å². The first-order valence-corrected chi connectivity index (χ1v) is 9.51. The van der Waals surface area contributed by atoms with Gasteiger partial charge < -0.3 is 15.5 Å². The molecule has 0 saturated carbocycles. The van der Waals surface area contributed by atoms with Crippen molar-refractivity contribution in [1.82, 2.24) is 9.88 Å². The largest absolute Gasteiger partial charge is 0.503 e. The van der Waals surface area contributed by atoms with E-state index in [9.17, 15) is 42.2 Å². The lowest BCUT2D eigenvalue weighted by Gasteiger charge is -2.21. The number of carbonyl (C=O) groups is 3. The number of hydrogen-bond acceptors (Lipinski definition) is 4. The van der Waals surface area contributed by atoms with Crippen LogP contribution in [0.25, 0.3) is 10.9 Å². The van der Waals surface area contributed by atoms with Crippen LogP contribution in [-0.4, -0.2) is 38.1 Å². The molecule has 1 aromatic heterocycles. The highest BCUT2D eigenvalue weighted by atomic mass is 19.2. The molecule has 0 spiro atoms. The summed E-state index contributed by atoms with van der Waals surface area (Å²) in [5.74, 6) is -9.86. The number of benzene rings is 2. The normalized spacial score (nSPS) is 11.6. The molecule has 0 aliphatic heterocycles. The minimum atomic E-state index is -1.67. The molecule has 0 atom stereocenters. The number of nitrogens with one attached hydrogen (secondary N) is 1. The van der Waals surface area contributed by atoms with Gasteiger partial charge in [-0.2, -0.15) is 0 Å². The number of aromatic nitrogens is 1. The van der Waals surface area contributed by atoms with E-state index in [4.69, 9.17) is 0 Å². The summed E-state index contributed by atoms with van der Waals surface area (Å²) in [5, 5.41) is 20.7. The molecule has 11 heteroatoms. The van der Waals surface area contributed by atoms with Crippen LogP contribution in [0.4, 0.5) is 17.6 Å². The number of halogens is 4. The lowest BCUT2D eigenvalue weighted by Crippen LogP contribution is -2.50. The van der Waals surface area contributed by atoms with Crippen molar-refractivity contribution in [2.24, 2.45) is 0 Å². The van der Waals surface area contributed by atoms with Crippen molar-refractivity contribution in [2.45, 2.75) is 32.7 Å². The van der Waals surface area contributed by atoms with Gasteiger partial charge in [-0.3, -0.25) is 14.2 Å². The smallest absolute Gasteiger partial charge is 0.328 e. The number of aliphatic carboxylic acids is 1. The molecular weight excluding hydrogens is 448 g/mol. The fourth-order valence-electron chi connectivity index (χ4n) is 3.40. The number of phenols is 1. The van der Waals surface area contributed by atoms with E-state index in [1.54, 1.807) is 0 Å². The first-order valence-electron chi connectivity index (χ1n) is 9.51. The van der Waals surface area contributed by atoms with Crippen molar-refractivity contribution in [2.75, 3.05) is 0 Å². The van der Waals surface area contributed by atoms with E-state index in [0.29, 0.717) is 18.2 Å². The van der Waals surface area contributed by atoms with E-state index in [1.165, 1.54) is 20.8 Å². The highest BCUT2D eigenvalue weighted by Crippen LogP contribution is 2.35. The van der Waals surface area contributed by atoms with Gasteiger partial charge in [0.25, 0.3) is 5.91 Å². The molecule has 1 amide bonds. The molecule has 0 saturated heterocycles. The van der Waals surface area contributed by atoms with Crippen molar-refractivity contribution in [3.8, 4) is 5.75 Å². The van der Waals surface area contributed by atoms with Crippen LogP contribution in [0.2, 0.25) is 0 Å². The van der Waals surface area contributed by atoms with Crippen molar-refractivity contribution in [3.63, 3.8) is 0 Å². The summed E-state index contributed by atoms with van der Waals surface area (Å²) in [6.45, 7) is 3.74. The summed E-state index contributed by atoms with van der Waals surface area (Å²) < 4.78 is 56.7. The summed E-state index contributed by atoms with van der Waals surface area (Å²) in [5.41, 5.74) is -2.56. The third-order valence-electron chi connectivity index (χ3n) is 5.18. The van der Waals surface area contributed by atoms with Crippen molar-refractivity contribution < 1.29 is 42.2 Å². The monoisotopic (exact) mass is 466 g/mol. The zero-order valence-corrected chi connectivity index (χ0v) is 17.6. The quantitative estimate of drug-likeness (QED) is 0.500. The van der Waals surface area contributed by atoms with Crippen LogP contribution < -0.4 is 5.32 Å². The first kappa shape index (κ1) is 23.8. The summed E-state index contributed by atoms with van der Waals surface area (Å²) in [6, 6.07) is 2.96. The van der Waals surface area contributed by atoms with E-state index < -0.39 is 64.1 Å². The van der Waals surface area contributed by atoms with E-state index in [2.05, 4.69) is 5.32 Å². The molecule has 3 N–H and O–H groups in total. The van der Waals surface area contributed by atoms with Crippen LogP contribution in [0, 0.1) is 30.2 Å². The Labute approximate surface area is 184 Å². The van der Waals surface area contributed by atoms with Gasteiger partial charge in [-0.05, 0) is 44.5 Å². The average Bonchev–Trinajstić information content (AvgIpc) is 2.98. The highest BCUT2D eigenvalue weighted by molar-refractivity contribution is 6.05. The molecule has 174 valence electrons. The first-order chi connectivity index (χ1) is 15.3. The molecule has 0 fully saturated rings. The van der Waals surface area contributed by atoms with E-state index in [0.717, 1.165) is 10.6 Å². The Bertz CT molecular complexity index is 1330. The van der Waals surface area contributed by atoms with E-state index in [-0.39, 0.29) is 22.3 Å². The summed E-state index contributed by atoms with van der Waals surface area (Å²) in [4.78, 5) is 36.8. The van der Waals surface area contributed by atoms with Crippen LogP contribution in [0.1, 0.15) is 35.5 Å². The summed E-state index contributed by atoms with van der Waals surface area (Å²) in [7, 11) is 0. The highest BCUT2D eigenvalue weighted by Gasteiger charge is 2.31. The maximum absolute atomic E-state index is 14.9. The van der Waals surface area contributed by atoms with Crippen molar-refractivity contribution in [1.29, 1.82) is 0 Å². The van der Waals surface area contributed by atoms with Gasteiger partial charge >= 0.3 is 5.97 Å². The number of carboxylic acids is 1. The summed E-state index contributed by atoms with van der Waals surface area (Å²) >= 11 is 0. The predicted molar refractivity (Wildman–Crippen MR) is 108 cm³/mol. The minimum absolute atomic E-state index is 0.0492. The van der Waals surface area contributed by atoms with Crippen LogP contribution in [0.15, 0.2) is 24.3 Å². The minimum Gasteiger partial charge on any atom is -0.503 e. The van der Waals surface area contributed by atoms with Crippen molar-refractivity contribution in [3.05, 3.63) is 64.4 Å². The molecule has 3 rings (SSSR count). The Hall–Kier alpha value is -3.89. The lowest BCUT2D eigenvalue weighted by molar-refractivity contribution is -0.145. The summed E-state index contributed by atoms with van der Waals surface area (Å²) in [6.07, 6.45) is -0.626. The Morgan fingerprint density at radius 2 is 1.67 bits per heavy atom. The molecule has 0 radical (unpaired) electrons. The number of nitrogens with zero attached hydrogens (tertiary/aromatic N) is 1. The predicted octanol–water partition coefficient (Wildman–Crippen LogP) is 3.42. The molecule has 7 nitrogen and oxygen atoms in total. The zero-order chi connectivity index (χ0) is 24.8.